The van der Waals surface area contributed by atoms with Gasteiger partial charge in [0.15, 0.2) is 0 Å². The highest BCUT2D eigenvalue weighted by Crippen LogP contribution is 2.35. The molecule has 0 aliphatic heterocycles. The van der Waals surface area contributed by atoms with Crippen LogP contribution in [0.15, 0.2) is 24.3 Å². The van der Waals surface area contributed by atoms with E-state index < -0.39 is 0 Å². The molecule has 0 aromatic heterocycles. The first-order valence-electron chi connectivity index (χ1n) is 7.81. The zero-order valence-electron chi connectivity index (χ0n) is 12.7. The summed E-state index contributed by atoms with van der Waals surface area (Å²) in [5.41, 5.74) is 3.13. The van der Waals surface area contributed by atoms with Crippen LogP contribution in [0.5, 0.6) is 0 Å². The number of hydrogen-bond donors (Lipinski definition) is 1. The average molecular weight is 260 g/mol. The summed E-state index contributed by atoms with van der Waals surface area (Å²) in [5, 5.41) is 9.79. The normalized spacial score (nSPS) is 24.4. The fourth-order valence-electron chi connectivity index (χ4n) is 3.44. The molecule has 0 heterocycles. The fraction of sp³-hybridized carbons (Fsp3) is 0.667. The lowest BCUT2D eigenvalue weighted by atomic mass is 9.78. The monoisotopic (exact) mass is 260 g/mol. The molecule has 1 aliphatic rings. The van der Waals surface area contributed by atoms with E-state index in [2.05, 4.69) is 45.0 Å². The molecule has 0 spiro atoms. The van der Waals surface area contributed by atoms with Crippen molar-refractivity contribution >= 4 is 0 Å². The minimum absolute atomic E-state index is 0.0880. The Morgan fingerprint density at radius 1 is 1.16 bits per heavy atom. The summed E-state index contributed by atoms with van der Waals surface area (Å²) in [7, 11) is 0. The molecule has 2 rings (SSSR count). The molecular weight excluding hydrogens is 232 g/mol. The van der Waals surface area contributed by atoms with Gasteiger partial charge in [-0.2, -0.15) is 0 Å². The minimum atomic E-state index is -0.0880. The molecule has 0 amide bonds. The Labute approximate surface area is 118 Å². The highest BCUT2D eigenvalue weighted by molar-refractivity contribution is 5.30. The Balaban J connectivity index is 2.09. The smallest absolute Gasteiger partial charge is 0.0546 e. The van der Waals surface area contributed by atoms with Crippen LogP contribution in [0.4, 0.5) is 0 Å². The van der Waals surface area contributed by atoms with Crippen molar-refractivity contribution in [2.45, 2.75) is 76.7 Å². The van der Waals surface area contributed by atoms with Gasteiger partial charge in [-0.1, -0.05) is 57.9 Å². The third-order valence-corrected chi connectivity index (χ3v) is 4.69. The van der Waals surface area contributed by atoms with Crippen LogP contribution in [0, 0.1) is 0 Å². The molecule has 1 aromatic rings. The van der Waals surface area contributed by atoms with Crippen LogP contribution < -0.4 is 0 Å². The highest BCUT2D eigenvalue weighted by Gasteiger charge is 2.23. The van der Waals surface area contributed by atoms with Gasteiger partial charge < -0.3 is 5.11 Å². The van der Waals surface area contributed by atoms with E-state index in [0.717, 1.165) is 19.3 Å². The van der Waals surface area contributed by atoms with Crippen LogP contribution in [-0.2, 0) is 5.41 Å². The summed E-state index contributed by atoms with van der Waals surface area (Å²) >= 11 is 0. The molecule has 0 radical (unpaired) electrons. The molecule has 2 atom stereocenters. The Hall–Kier alpha value is -0.820. The van der Waals surface area contributed by atoms with Crippen LogP contribution in [0.3, 0.4) is 0 Å². The van der Waals surface area contributed by atoms with Crippen LogP contribution in [-0.4, -0.2) is 11.2 Å². The van der Waals surface area contributed by atoms with Crippen LogP contribution in [0.25, 0.3) is 0 Å². The van der Waals surface area contributed by atoms with Gasteiger partial charge in [0.2, 0.25) is 0 Å². The molecule has 1 N–H and O–H groups in total. The van der Waals surface area contributed by atoms with Crippen molar-refractivity contribution in [1.82, 2.24) is 0 Å². The van der Waals surface area contributed by atoms with E-state index in [1.54, 1.807) is 0 Å². The third-order valence-electron chi connectivity index (χ3n) is 4.69. The molecule has 1 aliphatic carbocycles. The summed E-state index contributed by atoms with van der Waals surface area (Å²) in [4.78, 5) is 0. The SMILES string of the molecule is CCCC(C)(C)c1ccc([C@@H]2CCC[C@@H](O)C2)cc1. The van der Waals surface area contributed by atoms with Gasteiger partial charge in [-0.15, -0.1) is 0 Å². The molecule has 0 saturated heterocycles. The highest BCUT2D eigenvalue weighted by atomic mass is 16.3. The summed E-state index contributed by atoms with van der Waals surface area (Å²) in [6, 6.07) is 9.17. The van der Waals surface area contributed by atoms with Crippen LogP contribution >= 0.6 is 0 Å². The van der Waals surface area contributed by atoms with Crippen molar-refractivity contribution in [3.8, 4) is 0 Å². The molecule has 1 heteroatoms. The lowest BCUT2D eigenvalue weighted by molar-refractivity contribution is 0.119. The lowest BCUT2D eigenvalue weighted by Crippen LogP contribution is -2.19. The van der Waals surface area contributed by atoms with E-state index >= 15 is 0 Å². The van der Waals surface area contributed by atoms with Gasteiger partial charge in [0.05, 0.1) is 6.10 Å². The average Bonchev–Trinajstić information content (AvgIpc) is 2.39. The van der Waals surface area contributed by atoms with E-state index in [0.29, 0.717) is 5.92 Å². The van der Waals surface area contributed by atoms with E-state index in [1.807, 2.05) is 0 Å². The first-order valence-corrected chi connectivity index (χ1v) is 7.81. The van der Waals surface area contributed by atoms with Crippen molar-refractivity contribution in [2.24, 2.45) is 0 Å². The lowest BCUT2D eigenvalue weighted by Gasteiger charge is -2.28. The second kappa shape index (κ2) is 6.09. The predicted molar refractivity (Wildman–Crippen MR) is 81.6 cm³/mol. The molecule has 1 nitrogen and oxygen atoms in total. The van der Waals surface area contributed by atoms with Gasteiger partial charge in [0.1, 0.15) is 0 Å². The van der Waals surface area contributed by atoms with Crippen molar-refractivity contribution in [1.29, 1.82) is 0 Å². The molecule has 19 heavy (non-hydrogen) atoms. The standard InChI is InChI=1S/C18H28O/c1-4-12-18(2,3)16-10-8-14(9-11-16)15-6-5-7-17(19)13-15/h8-11,15,17,19H,4-7,12-13H2,1-3H3/t15-,17-/m1/s1. The number of hydrogen-bond acceptors (Lipinski definition) is 1. The molecule has 0 bridgehead atoms. The van der Waals surface area contributed by atoms with Crippen molar-refractivity contribution in [2.75, 3.05) is 0 Å². The zero-order valence-corrected chi connectivity index (χ0v) is 12.7. The first kappa shape index (κ1) is 14.6. The Kier molecular flexibility index (Phi) is 4.67. The minimum Gasteiger partial charge on any atom is -0.393 e. The summed E-state index contributed by atoms with van der Waals surface area (Å²) in [6.07, 6.45) is 6.69. The van der Waals surface area contributed by atoms with E-state index in [-0.39, 0.29) is 11.5 Å². The van der Waals surface area contributed by atoms with E-state index in [9.17, 15) is 5.11 Å². The maximum Gasteiger partial charge on any atom is 0.0546 e. The molecule has 0 unspecified atom stereocenters. The topological polar surface area (TPSA) is 20.2 Å². The van der Waals surface area contributed by atoms with Crippen molar-refractivity contribution < 1.29 is 5.11 Å². The zero-order chi connectivity index (χ0) is 13.9. The van der Waals surface area contributed by atoms with Crippen LogP contribution in [0.1, 0.15) is 76.3 Å². The summed E-state index contributed by atoms with van der Waals surface area (Å²) < 4.78 is 0. The first-order chi connectivity index (χ1) is 9.03. The molecule has 1 aromatic carbocycles. The second-order valence-corrected chi connectivity index (χ2v) is 6.77. The van der Waals surface area contributed by atoms with Gasteiger partial charge in [-0.3, -0.25) is 0 Å². The Bertz CT molecular complexity index is 391. The van der Waals surface area contributed by atoms with Crippen molar-refractivity contribution in [3.05, 3.63) is 35.4 Å². The maximum absolute atomic E-state index is 9.79. The quantitative estimate of drug-likeness (QED) is 0.825. The van der Waals surface area contributed by atoms with Crippen LogP contribution in [0.2, 0.25) is 0 Å². The fourth-order valence-corrected chi connectivity index (χ4v) is 3.44. The maximum atomic E-state index is 9.79. The van der Waals surface area contributed by atoms with Gasteiger partial charge in [-0.25, -0.2) is 0 Å². The molecular formula is C18H28O. The van der Waals surface area contributed by atoms with Gasteiger partial charge in [0, 0.05) is 0 Å². The van der Waals surface area contributed by atoms with Gasteiger partial charge in [0.25, 0.3) is 0 Å². The van der Waals surface area contributed by atoms with Gasteiger partial charge in [-0.05, 0) is 48.1 Å². The summed E-state index contributed by atoms with van der Waals surface area (Å²) in [6.45, 7) is 6.91. The Morgan fingerprint density at radius 2 is 1.84 bits per heavy atom. The number of aliphatic hydroxyl groups excluding tert-OH is 1. The second-order valence-electron chi connectivity index (χ2n) is 6.77. The number of rotatable bonds is 4. The van der Waals surface area contributed by atoms with Gasteiger partial charge >= 0.3 is 0 Å². The predicted octanol–water partition coefficient (Wildman–Crippen LogP) is 4.78. The van der Waals surface area contributed by atoms with E-state index in [4.69, 9.17) is 0 Å². The molecule has 106 valence electrons. The number of benzene rings is 1. The summed E-state index contributed by atoms with van der Waals surface area (Å²) in [5.74, 6) is 0.562. The molecule has 1 fully saturated rings. The molecule has 1 saturated carbocycles. The van der Waals surface area contributed by atoms with Crippen molar-refractivity contribution in [3.63, 3.8) is 0 Å². The largest absolute Gasteiger partial charge is 0.393 e. The third kappa shape index (κ3) is 3.60. The Morgan fingerprint density at radius 3 is 2.42 bits per heavy atom. The number of aliphatic hydroxyl groups is 1. The van der Waals surface area contributed by atoms with E-state index in [1.165, 1.54) is 30.4 Å².